The first-order chi connectivity index (χ1) is 15.9. The Labute approximate surface area is 201 Å². The molecule has 0 unspecified atom stereocenters. The molecule has 2 heterocycles. The van der Waals surface area contributed by atoms with Crippen molar-refractivity contribution in [1.82, 2.24) is 15.1 Å². The van der Waals surface area contributed by atoms with Crippen LogP contribution in [-0.2, 0) is 11.2 Å². The topological polar surface area (TPSA) is 61.9 Å². The van der Waals surface area contributed by atoms with Crippen molar-refractivity contribution in [1.29, 1.82) is 0 Å². The summed E-state index contributed by atoms with van der Waals surface area (Å²) >= 11 is 1.74. The fourth-order valence-corrected chi connectivity index (χ4v) is 5.05. The van der Waals surface area contributed by atoms with E-state index >= 15 is 0 Å². The van der Waals surface area contributed by atoms with Gasteiger partial charge in [-0.05, 0) is 59.9 Å². The number of thiophene rings is 1. The molecule has 1 N–H and O–H groups in total. The molecular weight excluding hydrogens is 434 g/mol. The summed E-state index contributed by atoms with van der Waals surface area (Å²) in [6.07, 6.45) is 2.51. The number of hydrogen-bond donors (Lipinski definition) is 1. The number of benzene rings is 1. The van der Waals surface area contributed by atoms with Gasteiger partial charge in [-0.15, -0.1) is 11.3 Å². The molecule has 7 heteroatoms. The maximum Gasteiger partial charge on any atom is 0.317 e. The van der Waals surface area contributed by atoms with Crippen molar-refractivity contribution < 1.29 is 14.3 Å². The summed E-state index contributed by atoms with van der Waals surface area (Å²) in [7, 11) is 0. The van der Waals surface area contributed by atoms with Crippen LogP contribution in [0.1, 0.15) is 68.5 Å². The Hall–Kier alpha value is -2.54. The van der Waals surface area contributed by atoms with Crippen LogP contribution in [0.4, 0.5) is 4.79 Å². The van der Waals surface area contributed by atoms with Gasteiger partial charge >= 0.3 is 6.03 Å². The van der Waals surface area contributed by atoms with E-state index in [4.69, 9.17) is 4.74 Å². The Kier molecular flexibility index (Phi) is 9.18. The molecule has 0 saturated carbocycles. The number of nitrogens with zero attached hydrogens (tertiary/aromatic N) is 2. The molecule has 1 atom stereocenters. The van der Waals surface area contributed by atoms with Crippen molar-refractivity contribution in [3.8, 4) is 5.75 Å². The van der Waals surface area contributed by atoms with Gasteiger partial charge in [0.1, 0.15) is 18.9 Å². The van der Waals surface area contributed by atoms with Crippen molar-refractivity contribution in [2.75, 3.05) is 32.8 Å². The number of urea groups is 1. The first kappa shape index (κ1) is 25.1. The average molecular weight is 472 g/mol. The van der Waals surface area contributed by atoms with Crippen molar-refractivity contribution in [3.63, 3.8) is 0 Å². The molecule has 1 aliphatic rings. The molecule has 0 spiro atoms. The SMILES string of the molecule is CCCNC(=O)N(CCC)CC(=O)N1CCc2sccc2[C@H]1COc1ccc(C(C)C)cc1. The standard InChI is InChI=1S/C26H37N3O3S/c1-5-13-27-26(31)28(14-6-2)17-25(30)29-15-11-24-22(12-16-33-24)23(29)18-32-21-9-7-20(8-10-21)19(3)4/h7-10,12,16,19,23H,5-6,11,13-15,17-18H2,1-4H3,(H,27,31)/t23-/m1/s1. The highest BCUT2D eigenvalue weighted by atomic mass is 32.1. The lowest BCUT2D eigenvalue weighted by atomic mass is 10.00. The zero-order chi connectivity index (χ0) is 23.8. The molecule has 3 amide bonds. The van der Waals surface area contributed by atoms with Crippen molar-refractivity contribution in [2.24, 2.45) is 0 Å². The van der Waals surface area contributed by atoms with Crippen molar-refractivity contribution in [3.05, 3.63) is 51.7 Å². The second-order valence-corrected chi connectivity index (χ2v) is 9.84. The quantitative estimate of drug-likeness (QED) is 0.518. The monoisotopic (exact) mass is 471 g/mol. The molecule has 3 rings (SSSR count). The number of rotatable bonds is 10. The molecule has 6 nitrogen and oxygen atoms in total. The third kappa shape index (κ3) is 6.50. The zero-order valence-corrected chi connectivity index (χ0v) is 21.1. The number of nitrogens with one attached hydrogen (secondary N) is 1. The van der Waals surface area contributed by atoms with E-state index in [-0.39, 0.29) is 24.5 Å². The van der Waals surface area contributed by atoms with Gasteiger partial charge in [-0.3, -0.25) is 4.79 Å². The van der Waals surface area contributed by atoms with Gasteiger partial charge in [0.2, 0.25) is 5.91 Å². The molecule has 0 aliphatic carbocycles. The van der Waals surface area contributed by atoms with Gasteiger partial charge in [0.15, 0.2) is 0 Å². The summed E-state index contributed by atoms with van der Waals surface area (Å²) in [6.45, 7) is 10.7. The van der Waals surface area contributed by atoms with Crippen LogP contribution in [0.3, 0.4) is 0 Å². The van der Waals surface area contributed by atoms with Crippen LogP contribution in [-0.4, -0.2) is 54.5 Å². The van der Waals surface area contributed by atoms with Crippen LogP contribution in [0.5, 0.6) is 5.75 Å². The number of carbonyl (C=O) groups excluding carboxylic acids is 2. The van der Waals surface area contributed by atoms with Crippen molar-refractivity contribution in [2.45, 2.75) is 58.9 Å². The van der Waals surface area contributed by atoms with Gasteiger partial charge in [0, 0.05) is 24.5 Å². The van der Waals surface area contributed by atoms with Gasteiger partial charge in [-0.25, -0.2) is 4.79 Å². The predicted molar refractivity (Wildman–Crippen MR) is 134 cm³/mol. The Bertz CT molecular complexity index is 910. The lowest BCUT2D eigenvalue weighted by Crippen LogP contribution is -2.50. The van der Waals surface area contributed by atoms with E-state index in [1.165, 1.54) is 10.4 Å². The van der Waals surface area contributed by atoms with E-state index in [2.05, 4.69) is 42.7 Å². The van der Waals surface area contributed by atoms with Crippen LogP contribution in [0.2, 0.25) is 0 Å². The fraction of sp³-hybridized carbons (Fsp3) is 0.538. The minimum atomic E-state index is -0.168. The second kappa shape index (κ2) is 12.1. The predicted octanol–water partition coefficient (Wildman–Crippen LogP) is 5.21. The van der Waals surface area contributed by atoms with E-state index in [0.717, 1.165) is 30.6 Å². The maximum atomic E-state index is 13.4. The third-order valence-electron chi connectivity index (χ3n) is 6.00. The van der Waals surface area contributed by atoms with Crippen LogP contribution in [0.15, 0.2) is 35.7 Å². The third-order valence-corrected chi connectivity index (χ3v) is 7.00. The summed E-state index contributed by atoms with van der Waals surface area (Å²) in [5.74, 6) is 1.25. The van der Waals surface area contributed by atoms with Crippen LogP contribution in [0.25, 0.3) is 0 Å². The van der Waals surface area contributed by atoms with Gasteiger partial charge in [0.25, 0.3) is 0 Å². The number of fused-ring (bicyclic) bond motifs is 1. The smallest absolute Gasteiger partial charge is 0.317 e. The van der Waals surface area contributed by atoms with E-state index < -0.39 is 0 Å². The highest BCUT2D eigenvalue weighted by Crippen LogP contribution is 2.34. The number of carbonyl (C=O) groups is 2. The van der Waals surface area contributed by atoms with Crippen LogP contribution in [0, 0.1) is 0 Å². The molecule has 0 saturated heterocycles. The molecule has 1 aliphatic heterocycles. The van der Waals surface area contributed by atoms with Gasteiger partial charge < -0.3 is 19.9 Å². The minimum Gasteiger partial charge on any atom is -0.491 e. The molecule has 0 bridgehead atoms. The van der Waals surface area contributed by atoms with Crippen LogP contribution < -0.4 is 10.1 Å². The summed E-state index contributed by atoms with van der Waals surface area (Å²) in [4.78, 5) is 30.8. The highest BCUT2D eigenvalue weighted by Gasteiger charge is 2.33. The minimum absolute atomic E-state index is 0.0318. The summed E-state index contributed by atoms with van der Waals surface area (Å²) in [5, 5.41) is 4.99. The normalized spacial score (nSPS) is 15.3. The first-order valence-electron chi connectivity index (χ1n) is 12.1. The van der Waals surface area contributed by atoms with E-state index in [9.17, 15) is 9.59 Å². The summed E-state index contributed by atoms with van der Waals surface area (Å²) in [5.41, 5.74) is 2.44. The van der Waals surface area contributed by atoms with E-state index in [1.54, 1.807) is 16.2 Å². The average Bonchev–Trinajstić information content (AvgIpc) is 3.30. The lowest BCUT2D eigenvalue weighted by molar-refractivity contribution is -0.135. The molecular formula is C26H37N3O3S. The number of ether oxygens (including phenoxy) is 1. The maximum absolute atomic E-state index is 13.4. The first-order valence-corrected chi connectivity index (χ1v) is 12.9. The van der Waals surface area contributed by atoms with Gasteiger partial charge in [-0.1, -0.05) is 39.8 Å². The molecule has 33 heavy (non-hydrogen) atoms. The Balaban J connectivity index is 1.72. The van der Waals surface area contributed by atoms with Gasteiger partial charge in [0.05, 0.1) is 6.04 Å². The van der Waals surface area contributed by atoms with Crippen molar-refractivity contribution >= 4 is 23.3 Å². The van der Waals surface area contributed by atoms with E-state index in [0.29, 0.717) is 32.2 Å². The van der Waals surface area contributed by atoms with Crippen LogP contribution >= 0.6 is 11.3 Å². The Morgan fingerprint density at radius 1 is 1.18 bits per heavy atom. The fourth-order valence-electron chi connectivity index (χ4n) is 4.12. The molecule has 1 aromatic heterocycles. The number of hydrogen-bond acceptors (Lipinski definition) is 4. The number of amides is 3. The second-order valence-electron chi connectivity index (χ2n) is 8.84. The molecule has 180 valence electrons. The lowest BCUT2D eigenvalue weighted by Gasteiger charge is -2.37. The zero-order valence-electron chi connectivity index (χ0n) is 20.3. The highest BCUT2D eigenvalue weighted by molar-refractivity contribution is 7.10. The Morgan fingerprint density at radius 3 is 2.61 bits per heavy atom. The summed E-state index contributed by atoms with van der Waals surface area (Å²) < 4.78 is 6.16. The molecule has 2 aromatic rings. The Morgan fingerprint density at radius 2 is 1.94 bits per heavy atom. The molecule has 1 aromatic carbocycles. The largest absolute Gasteiger partial charge is 0.491 e. The molecule has 0 radical (unpaired) electrons. The molecule has 0 fully saturated rings. The summed E-state index contributed by atoms with van der Waals surface area (Å²) in [6, 6.07) is 9.97. The van der Waals surface area contributed by atoms with E-state index in [1.807, 2.05) is 30.9 Å². The van der Waals surface area contributed by atoms with Gasteiger partial charge in [-0.2, -0.15) is 0 Å².